The minimum atomic E-state index is -0.353. The van der Waals surface area contributed by atoms with Gasteiger partial charge in [0, 0.05) is 43.0 Å². The fourth-order valence-corrected chi connectivity index (χ4v) is 2.99. The fraction of sp³-hybridized carbons (Fsp3) is 0.412. The first kappa shape index (κ1) is 14.6. The molecule has 1 aromatic carbocycles. The number of anilines is 1. The first-order chi connectivity index (χ1) is 10.6. The number of carbonyl (C=O) groups is 1. The zero-order valence-electron chi connectivity index (χ0n) is 13.3. The molecule has 0 saturated heterocycles. The van der Waals surface area contributed by atoms with E-state index in [4.69, 9.17) is 4.74 Å². The Morgan fingerprint density at radius 2 is 2.05 bits per heavy atom. The van der Waals surface area contributed by atoms with Crippen molar-refractivity contribution in [3.8, 4) is 0 Å². The minimum absolute atomic E-state index is 0.353. The van der Waals surface area contributed by atoms with Gasteiger partial charge in [-0.1, -0.05) is 17.7 Å². The highest BCUT2D eigenvalue weighted by molar-refractivity contribution is 5.89. The van der Waals surface area contributed by atoms with Crippen LogP contribution in [0.25, 0.3) is 0 Å². The van der Waals surface area contributed by atoms with Crippen molar-refractivity contribution in [2.24, 2.45) is 0 Å². The Kier molecular flexibility index (Phi) is 3.88. The number of aryl methyl sites for hydroxylation is 2. The van der Waals surface area contributed by atoms with Gasteiger partial charge in [0.25, 0.3) is 0 Å². The number of ether oxygens (including phenoxy) is 1. The summed E-state index contributed by atoms with van der Waals surface area (Å²) in [6.07, 6.45) is 0.890. The summed E-state index contributed by atoms with van der Waals surface area (Å²) in [7, 11) is 1.40. The first-order valence-electron chi connectivity index (χ1n) is 7.62. The Labute approximate surface area is 130 Å². The van der Waals surface area contributed by atoms with Gasteiger partial charge in [-0.15, -0.1) is 0 Å². The number of hydrogen-bond acceptors (Lipinski definition) is 4. The van der Waals surface area contributed by atoms with Crippen LogP contribution in [0, 0.1) is 6.92 Å². The van der Waals surface area contributed by atoms with E-state index in [1.807, 2.05) is 11.6 Å². The number of carbonyl (C=O) groups excluding carboxylic acids is 1. The van der Waals surface area contributed by atoms with E-state index in [1.165, 1.54) is 18.4 Å². The SMILES string of the molecule is CCn1nc(C(=O)OC)c2c1CCN(c1ccc(C)cc1)C2. The second kappa shape index (κ2) is 5.83. The average molecular weight is 299 g/mol. The quantitative estimate of drug-likeness (QED) is 0.817. The molecule has 116 valence electrons. The minimum Gasteiger partial charge on any atom is -0.464 e. The maximum absolute atomic E-state index is 12.0. The molecule has 0 N–H and O–H groups in total. The van der Waals surface area contributed by atoms with Crippen molar-refractivity contribution in [1.82, 2.24) is 9.78 Å². The van der Waals surface area contributed by atoms with Crippen molar-refractivity contribution in [2.45, 2.75) is 33.4 Å². The van der Waals surface area contributed by atoms with Crippen molar-refractivity contribution in [3.63, 3.8) is 0 Å². The number of esters is 1. The molecule has 1 aromatic heterocycles. The molecule has 0 radical (unpaired) electrons. The van der Waals surface area contributed by atoms with Crippen LogP contribution in [0.2, 0.25) is 0 Å². The van der Waals surface area contributed by atoms with Gasteiger partial charge in [0.15, 0.2) is 5.69 Å². The van der Waals surface area contributed by atoms with Crippen LogP contribution in [0.5, 0.6) is 0 Å². The molecule has 0 unspecified atom stereocenters. The summed E-state index contributed by atoms with van der Waals surface area (Å²) in [4.78, 5) is 14.3. The summed E-state index contributed by atoms with van der Waals surface area (Å²) in [6.45, 7) is 6.52. The van der Waals surface area contributed by atoms with Gasteiger partial charge in [-0.05, 0) is 26.0 Å². The summed E-state index contributed by atoms with van der Waals surface area (Å²) in [6, 6.07) is 8.48. The van der Waals surface area contributed by atoms with Gasteiger partial charge in [0.2, 0.25) is 0 Å². The molecule has 1 aliphatic rings. The van der Waals surface area contributed by atoms with E-state index in [9.17, 15) is 4.79 Å². The summed E-state index contributed by atoms with van der Waals surface area (Å²) in [5.41, 5.74) is 5.04. The largest absolute Gasteiger partial charge is 0.464 e. The number of fused-ring (bicyclic) bond motifs is 1. The number of benzene rings is 1. The van der Waals surface area contributed by atoms with Crippen LogP contribution in [0.4, 0.5) is 5.69 Å². The highest BCUT2D eigenvalue weighted by Gasteiger charge is 2.28. The molecular formula is C17H21N3O2. The summed E-state index contributed by atoms with van der Waals surface area (Å²) < 4.78 is 6.81. The van der Waals surface area contributed by atoms with Gasteiger partial charge < -0.3 is 9.64 Å². The van der Waals surface area contributed by atoms with E-state index in [-0.39, 0.29) is 5.97 Å². The van der Waals surface area contributed by atoms with E-state index in [2.05, 4.69) is 41.2 Å². The van der Waals surface area contributed by atoms with Gasteiger partial charge in [-0.25, -0.2) is 4.79 Å². The van der Waals surface area contributed by atoms with Crippen LogP contribution in [-0.4, -0.2) is 29.4 Å². The number of methoxy groups -OCH3 is 1. The zero-order valence-corrected chi connectivity index (χ0v) is 13.3. The third kappa shape index (κ3) is 2.47. The molecule has 5 heteroatoms. The number of hydrogen-bond donors (Lipinski definition) is 0. The summed E-state index contributed by atoms with van der Waals surface area (Å²) in [5, 5.41) is 4.44. The van der Waals surface area contributed by atoms with Crippen molar-refractivity contribution >= 4 is 11.7 Å². The maximum atomic E-state index is 12.0. The number of rotatable bonds is 3. The van der Waals surface area contributed by atoms with E-state index in [0.717, 1.165) is 30.8 Å². The smallest absolute Gasteiger partial charge is 0.358 e. The van der Waals surface area contributed by atoms with E-state index < -0.39 is 0 Å². The van der Waals surface area contributed by atoms with Crippen LogP contribution < -0.4 is 4.90 Å². The Hall–Kier alpha value is -2.30. The zero-order chi connectivity index (χ0) is 15.7. The van der Waals surface area contributed by atoms with Gasteiger partial charge in [0.05, 0.1) is 7.11 Å². The molecule has 0 spiro atoms. The third-order valence-corrected chi connectivity index (χ3v) is 4.21. The Bertz CT molecular complexity index is 689. The molecule has 0 aliphatic carbocycles. The molecule has 0 saturated carbocycles. The predicted molar refractivity (Wildman–Crippen MR) is 85.2 cm³/mol. The van der Waals surface area contributed by atoms with Crippen molar-refractivity contribution < 1.29 is 9.53 Å². The third-order valence-electron chi connectivity index (χ3n) is 4.21. The highest BCUT2D eigenvalue weighted by Crippen LogP contribution is 2.27. The molecule has 2 heterocycles. The standard InChI is InChI=1S/C17H21N3O2/c1-4-20-15-9-10-19(13-7-5-12(2)6-8-13)11-14(15)16(18-20)17(21)22-3/h5-8H,4,9-11H2,1-3H3. The maximum Gasteiger partial charge on any atom is 0.358 e. The van der Waals surface area contributed by atoms with Gasteiger partial charge >= 0.3 is 5.97 Å². The topological polar surface area (TPSA) is 47.4 Å². The lowest BCUT2D eigenvalue weighted by Gasteiger charge is -2.29. The van der Waals surface area contributed by atoms with E-state index in [0.29, 0.717) is 12.2 Å². The first-order valence-corrected chi connectivity index (χ1v) is 7.62. The van der Waals surface area contributed by atoms with Gasteiger partial charge in [-0.3, -0.25) is 4.68 Å². The lowest BCUT2D eigenvalue weighted by molar-refractivity contribution is 0.0591. The van der Waals surface area contributed by atoms with Crippen LogP contribution in [0.15, 0.2) is 24.3 Å². The van der Waals surface area contributed by atoms with Crippen LogP contribution >= 0.6 is 0 Å². The molecule has 3 rings (SSSR count). The molecule has 22 heavy (non-hydrogen) atoms. The van der Waals surface area contributed by atoms with Crippen molar-refractivity contribution in [1.29, 1.82) is 0 Å². The van der Waals surface area contributed by atoms with Crippen LogP contribution in [0.3, 0.4) is 0 Å². The Balaban J connectivity index is 1.95. The second-order valence-electron chi connectivity index (χ2n) is 5.59. The van der Waals surface area contributed by atoms with Crippen molar-refractivity contribution in [2.75, 3.05) is 18.6 Å². The predicted octanol–water partition coefficient (Wildman–Crippen LogP) is 2.56. The molecule has 0 bridgehead atoms. The van der Waals surface area contributed by atoms with Gasteiger partial charge in [0.1, 0.15) is 0 Å². The Morgan fingerprint density at radius 1 is 1.32 bits per heavy atom. The highest BCUT2D eigenvalue weighted by atomic mass is 16.5. The summed E-state index contributed by atoms with van der Waals surface area (Å²) in [5.74, 6) is -0.353. The second-order valence-corrected chi connectivity index (χ2v) is 5.59. The monoisotopic (exact) mass is 299 g/mol. The van der Waals surface area contributed by atoms with Crippen LogP contribution in [0.1, 0.15) is 34.2 Å². The normalized spacial score (nSPS) is 13.9. The van der Waals surface area contributed by atoms with E-state index >= 15 is 0 Å². The summed E-state index contributed by atoms with van der Waals surface area (Å²) >= 11 is 0. The lowest BCUT2D eigenvalue weighted by atomic mass is 10.0. The average Bonchev–Trinajstić information content (AvgIpc) is 2.92. The fourth-order valence-electron chi connectivity index (χ4n) is 2.99. The number of aromatic nitrogens is 2. The molecule has 1 aliphatic heterocycles. The molecule has 0 amide bonds. The molecular weight excluding hydrogens is 278 g/mol. The molecule has 0 atom stereocenters. The lowest BCUT2D eigenvalue weighted by Crippen LogP contribution is -2.31. The Morgan fingerprint density at radius 3 is 2.68 bits per heavy atom. The van der Waals surface area contributed by atoms with Gasteiger partial charge in [-0.2, -0.15) is 5.10 Å². The molecule has 0 fully saturated rings. The molecule has 2 aromatic rings. The molecule has 5 nitrogen and oxygen atoms in total. The van der Waals surface area contributed by atoms with E-state index in [1.54, 1.807) is 0 Å². The number of nitrogens with zero attached hydrogens (tertiary/aromatic N) is 3. The van der Waals surface area contributed by atoms with Crippen LogP contribution in [-0.2, 0) is 24.2 Å². The van der Waals surface area contributed by atoms with Crippen molar-refractivity contribution in [3.05, 3.63) is 46.8 Å².